The molecular weight excluding hydrogens is 442 g/mol. The standard InChI is InChI=1S/C26H31N7O2/c1-27-23-14-22(21-16-32(18-9-12-35-13-10-18)24-19(21)8-5-11-28-24)31-25-20(15-29-33(23)25)26(34)30-17-6-3-2-4-7-17/h5,8,11,14-18,27H,2-4,6-7,9-10,12-13H2,1H3,(H,30,34). The van der Waals surface area contributed by atoms with Crippen molar-refractivity contribution in [2.45, 2.75) is 57.0 Å². The number of anilines is 1. The molecule has 6 rings (SSSR count). The van der Waals surface area contributed by atoms with E-state index in [1.165, 1.54) is 6.42 Å². The minimum Gasteiger partial charge on any atom is -0.381 e. The summed E-state index contributed by atoms with van der Waals surface area (Å²) in [5.41, 5.74) is 3.79. The van der Waals surface area contributed by atoms with Crippen molar-refractivity contribution in [1.29, 1.82) is 0 Å². The minimum atomic E-state index is -0.107. The predicted octanol–water partition coefficient (Wildman–Crippen LogP) is 4.20. The van der Waals surface area contributed by atoms with Crippen molar-refractivity contribution < 1.29 is 9.53 Å². The molecule has 1 saturated heterocycles. The van der Waals surface area contributed by atoms with Crippen LogP contribution in [-0.2, 0) is 4.74 Å². The van der Waals surface area contributed by atoms with E-state index in [2.05, 4.69) is 32.6 Å². The third-order valence-electron chi connectivity index (χ3n) is 7.36. The summed E-state index contributed by atoms with van der Waals surface area (Å²) in [6, 6.07) is 6.60. The number of nitrogens with one attached hydrogen (secondary N) is 2. The zero-order chi connectivity index (χ0) is 23.8. The highest BCUT2D eigenvalue weighted by Gasteiger charge is 2.24. The van der Waals surface area contributed by atoms with Crippen LogP contribution in [0, 0.1) is 0 Å². The number of carbonyl (C=O) groups excluding carboxylic acids is 1. The Labute approximate surface area is 203 Å². The molecule has 0 atom stereocenters. The van der Waals surface area contributed by atoms with Crippen molar-refractivity contribution in [3.63, 3.8) is 0 Å². The maximum Gasteiger partial charge on any atom is 0.256 e. The van der Waals surface area contributed by atoms with Crippen molar-refractivity contribution in [1.82, 2.24) is 29.5 Å². The molecule has 2 N–H and O–H groups in total. The largest absolute Gasteiger partial charge is 0.381 e. The number of ether oxygens (including phenoxy) is 1. The van der Waals surface area contributed by atoms with E-state index in [1.54, 1.807) is 10.7 Å². The van der Waals surface area contributed by atoms with Crippen LogP contribution in [0.1, 0.15) is 61.3 Å². The molecule has 1 aliphatic heterocycles. The number of amides is 1. The van der Waals surface area contributed by atoms with Crippen molar-refractivity contribution in [2.75, 3.05) is 25.6 Å². The van der Waals surface area contributed by atoms with Gasteiger partial charge in [-0.2, -0.15) is 9.61 Å². The van der Waals surface area contributed by atoms with Crippen LogP contribution < -0.4 is 10.6 Å². The van der Waals surface area contributed by atoms with Gasteiger partial charge in [-0.1, -0.05) is 19.3 Å². The molecule has 1 amide bonds. The zero-order valence-corrected chi connectivity index (χ0v) is 20.0. The molecule has 0 radical (unpaired) electrons. The Morgan fingerprint density at radius 2 is 1.94 bits per heavy atom. The lowest BCUT2D eigenvalue weighted by Gasteiger charge is -2.24. The predicted molar refractivity (Wildman–Crippen MR) is 135 cm³/mol. The van der Waals surface area contributed by atoms with E-state index in [1.807, 2.05) is 25.4 Å². The molecule has 5 heterocycles. The van der Waals surface area contributed by atoms with E-state index >= 15 is 0 Å². The van der Waals surface area contributed by atoms with E-state index in [0.717, 1.165) is 79.8 Å². The van der Waals surface area contributed by atoms with Gasteiger partial charge in [0.05, 0.1) is 11.9 Å². The molecule has 2 aliphatic rings. The summed E-state index contributed by atoms with van der Waals surface area (Å²) in [7, 11) is 1.86. The van der Waals surface area contributed by atoms with Gasteiger partial charge in [0.1, 0.15) is 17.0 Å². The fourth-order valence-corrected chi connectivity index (χ4v) is 5.48. The first-order valence-corrected chi connectivity index (χ1v) is 12.6. The maximum atomic E-state index is 13.2. The monoisotopic (exact) mass is 473 g/mol. The molecule has 35 heavy (non-hydrogen) atoms. The smallest absolute Gasteiger partial charge is 0.256 e. The highest BCUT2D eigenvalue weighted by molar-refractivity contribution is 6.01. The molecule has 4 aromatic heterocycles. The Kier molecular flexibility index (Phi) is 5.85. The summed E-state index contributed by atoms with van der Waals surface area (Å²) < 4.78 is 9.55. The number of nitrogens with zero attached hydrogens (tertiary/aromatic N) is 5. The summed E-state index contributed by atoms with van der Waals surface area (Å²) in [6.07, 6.45) is 13.2. The van der Waals surface area contributed by atoms with Gasteiger partial charge in [0, 0.05) is 61.8 Å². The fraction of sp³-hybridized carbons (Fsp3) is 0.462. The number of aromatic nitrogens is 5. The molecule has 2 fully saturated rings. The number of pyridine rings is 1. The molecular formula is C26H31N7O2. The summed E-state index contributed by atoms with van der Waals surface area (Å²) in [5, 5.41) is 12.0. The van der Waals surface area contributed by atoms with Crippen LogP contribution >= 0.6 is 0 Å². The number of carbonyl (C=O) groups is 1. The molecule has 1 aliphatic carbocycles. The first-order valence-electron chi connectivity index (χ1n) is 12.6. The zero-order valence-electron chi connectivity index (χ0n) is 20.0. The summed E-state index contributed by atoms with van der Waals surface area (Å²) in [6.45, 7) is 1.52. The van der Waals surface area contributed by atoms with Gasteiger partial charge in [0.25, 0.3) is 5.91 Å². The van der Waals surface area contributed by atoms with Gasteiger partial charge in [-0.25, -0.2) is 9.97 Å². The first-order chi connectivity index (χ1) is 17.2. The Morgan fingerprint density at radius 1 is 1.11 bits per heavy atom. The van der Waals surface area contributed by atoms with E-state index < -0.39 is 0 Å². The van der Waals surface area contributed by atoms with Crippen LogP contribution in [0.25, 0.3) is 27.9 Å². The van der Waals surface area contributed by atoms with Crippen LogP contribution in [0.4, 0.5) is 5.82 Å². The Morgan fingerprint density at radius 3 is 2.74 bits per heavy atom. The molecule has 0 unspecified atom stereocenters. The van der Waals surface area contributed by atoms with Crippen LogP contribution in [-0.4, -0.2) is 56.4 Å². The second-order valence-electron chi connectivity index (χ2n) is 9.55. The quantitative estimate of drug-likeness (QED) is 0.451. The number of rotatable bonds is 5. The molecule has 0 bridgehead atoms. The van der Waals surface area contributed by atoms with Crippen molar-refractivity contribution >= 4 is 28.4 Å². The van der Waals surface area contributed by atoms with Crippen LogP contribution in [0.2, 0.25) is 0 Å². The molecule has 0 aromatic carbocycles. The Balaban J connectivity index is 1.44. The third kappa shape index (κ3) is 4.03. The number of fused-ring (bicyclic) bond motifs is 2. The first kappa shape index (κ1) is 22.0. The van der Waals surface area contributed by atoms with E-state index in [0.29, 0.717) is 17.3 Å². The van der Waals surface area contributed by atoms with E-state index in [9.17, 15) is 4.79 Å². The topological polar surface area (TPSA) is 98.4 Å². The van der Waals surface area contributed by atoms with Gasteiger partial charge < -0.3 is 19.9 Å². The second kappa shape index (κ2) is 9.30. The summed E-state index contributed by atoms with van der Waals surface area (Å²) in [4.78, 5) is 22.9. The van der Waals surface area contributed by atoms with Crippen molar-refractivity contribution in [3.8, 4) is 11.3 Å². The van der Waals surface area contributed by atoms with Gasteiger partial charge in [-0.05, 0) is 37.8 Å². The average Bonchev–Trinajstić information content (AvgIpc) is 3.51. The van der Waals surface area contributed by atoms with Gasteiger partial charge in [0.2, 0.25) is 0 Å². The van der Waals surface area contributed by atoms with Gasteiger partial charge >= 0.3 is 0 Å². The fourth-order valence-electron chi connectivity index (χ4n) is 5.48. The SMILES string of the molecule is CNc1cc(-c2cn(C3CCOCC3)c3ncccc23)nc2c(C(=O)NC3CCCCC3)cnn12. The Bertz CT molecular complexity index is 1360. The van der Waals surface area contributed by atoms with E-state index in [-0.39, 0.29) is 11.9 Å². The Hall–Kier alpha value is -3.46. The molecule has 4 aromatic rings. The molecule has 182 valence electrons. The second-order valence-corrected chi connectivity index (χ2v) is 9.55. The normalized spacial score (nSPS) is 17.7. The van der Waals surface area contributed by atoms with Crippen molar-refractivity contribution in [3.05, 3.63) is 42.4 Å². The minimum absolute atomic E-state index is 0.107. The summed E-state index contributed by atoms with van der Waals surface area (Å²) >= 11 is 0. The lowest BCUT2D eigenvalue weighted by Crippen LogP contribution is -2.36. The van der Waals surface area contributed by atoms with Gasteiger partial charge in [0.15, 0.2) is 5.65 Å². The molecule has 0 spiro atoms. The van der Waals surface area contributed by atoms with Gasteiger partial charge in [-0.3, -0.25) is 4.79 Å². The lowest BCUT2D eigenvalue weighted by molar-refractivity contribution is 0.0706. The average molecular weight is 474 g/mol. The van der Waals surface area contributed by atoms with E-state index in [4.69, 9.17) is 14.7 Å². The molecule has 1 saturated carbocycles. The number of hydrogen-bond acceptors (Lipinski definition) is 6. The van der Waals surface area contributed by atoms with Crippen LogP contribution in [0.15, 0.2) is 36.8 Å². The highest BCUT2D eigenvalue weighted by atomic mass is 16.5. The highest BCUT2D eigenvalue weighted by Crippen LogP contribution is 2.34. The lowest BCUT2D eigenvalue weighted by atomic mass is 9.95. The van der Waals surface area contributed by atoms with Crippen LogP contribution in [0.5, 0.6) is 0 Å². The summed E-state index contributed by atoms with van der Waals surface area (Å²) in [5.74, 6) is 0.669. The van der Waals surface area contributed by atoms with Crippen molar-refractivity contribution in [2.24, 2.45) is 0 Å². The molecule has 9 heteroatoms. The van der Waals surface area contributed by atoms with Crippen LogP contribution in [0.3, 0.4) is 0 Å². The molecule has 9 nitrogen and oxygen atoms in total. The van der Waals surface area contributed by atoms with Gasteiger partial charge in [-0.15, -0.1) is 0 Å². The maximum absolute atomic E-state index is 13.2. The third-order valence-corrected chi connectivity index (χ3v) is 7.36. The number of hydrogen-bond donors (Lipinski definition) is 2.